The van der Waals surface area contributed by atoms with Crippen LogP contribution in [0.2, 0.25) is 0 Å². The highest BCUT2D eigenvalue weighted by molar-refractivity contribution is 14.1. The predicted octanol–water partition coefficient (Wildman–Crippen LogP) is 5.34. The minimum absolute atomic E-state index is 0.512. The second-order valence-corrected chi connectivity index (χ2v) is 5.46. The molecule has 0 aliphatic rings. The highest BCUT2D eigenvalue weighted by Gasteiger charge is 2.11. The van der Waals surface area contributed by atoms with Gasteiger partial charge >= 0.3 is 0 Å². The summed E-state index contributed by atoms with van der Waals surface area (Å²) in [7, 11) is 0. The Morgan fingerprint density at radius 2 is 1.72 bits per heavy atom. The van der Waals surface area contributed by atoms with Crippen LogP contribution in [0.3, 0.4) is 0 Å². The summed E-state index contributed by atoms with van der Waals surface area (Å²) >= 11 is 2.34. The molecule has 18 heavy (non-hydrogen) atoms. The third-order valence-corrected chi connectivity index (χ3v) is 4.16. The van der Waals surface area contributed by atoms with Crippen molar-refractivity contribution in [2.24, 2.45) is 0 Å². The molecule has 0 aliphatic carbocycles. The van der Waals surface area contributed by atoms with Crippen LogP contribution in [0.25, 0.3) is 32.7 Å². The van der Waals surface area contributed by atoms with Gasteiger partial charge in [-0.2, -0.15) is 0 Å². The average molecular weight is 345 g/mol. The van der Waals surface area contributed by atoms with Crippen LogP contribution in [0.1, 0.15) is 1.37 Å². The Labute approximate surface area is 119 Å². The molecule has 0 saturated carbocycles. The summed E-state index contributed by atoms with van der Waals surface area (Å²) < 4.78 is 14.9. The molecular formula is C16H9IO. The molecule has 2 heteroatoms. The Balaban J connectivity index is 2.36. The van der Waals surface area contributed by atoms with Gasteiger partial charge in [0.15, 0.2) is 0 Å². The minimum atomic E-state index is 0.512. The fourth-order valence-corrected chi connectivity index (χ4v) is 3.24. The van der Waals surface area contributed by atoms with Crippen molar-refractivity contribution < 1.29 is 5.79 Å². The van der Waals surface area contributed by atoms with Crippen LogP contribution in [0.15, 0.2) is 59.0 Å². The van der Waals surface area contributed by atoms with E-state index in [1.54, 1.807) is 6.07 Å². The van der Waals surface area contributed by atoms with Gasteiger partial charge < -0.3 is 4.42 Å². The molecule has 0 saturated heterocycles. The summed E-state index contributed by atoms with van der Waals surface area (Å²) in [5.74, 6) is 0. The molecule has 0 amide bonds. The Morgan fingerprint density at radius 1 is 0.889 bits per heavy atom. The van der Waals surface area contributed by atoms with Gasteiger partial charge in [0.25, 0.3) is 0 Å². The van der Waals surface area contributed by atoms with Crippen LogP contribution in [0.5, 0.6) is 0 Å². The van der Waals surface area contributed by atoms with Gasteiger partial charge in [-0.25, -0.2) is 0 Å². The van der Waals surface area contributed by atoms with E-state index in [0.29, 0.717) is 6.04 Å². The van der Waals surface area contributed by atoms with Gasteiger partial charge in [0.2, 0.25) is 0 Å². The van der Waals surface area contributed by atoms with Gasteiger partial charge in [-0.3, -0.25) is 0 Å². The van der Waals surface area contributed by atoms with Crippen molar-refractivity contribution in [1.29, 1.82) is 0 Å². The fraction of sp³-hybridized carbons (Fsp3) is 0. The first-order valence-electron chi connectivity index (χ1n) is 6.24. The van der Waals surface area contributed by atoms with Crippen LogP contribution in [0.4, 0.5) is 0 Å². The van der Waals surface area contributed by atoms with Crippen molar-refractivity contribution in [2.45, 2.75) is 0 Å². The Morgan fingerprint density at radius 3 is 2.61 bits per heavy atom. The molecule has 0 unspecified atom stereocenters. The second kappa shape index (κ2) is 3.72. The molecule has 0 bridgehead atoms. The minimum Gasteiger partial charge on any atom is -0.456 e. The number of para-hydroxylation sites is 1. The predicted molar refractivity (Wildman–Crippen MR) is 83.9 cm³/mol. The van der Waals surface area contributed by atoms with Crippen molar-refractivity contribution in [3.8, 4) is 0 Å². The summed E-state index contributed by atoms with van der Waals surface area (Å²) in [5.41, 5.74) is 1.74. The average Bonchev–Trinajstić information content (AvgIpc) is 2.76. The van der Waals surface area contributed by atoms with Crippen LogP contribution in [0, 0.1) is 3.57 Å². The van der Waals surface area contributed by atoms with Crippen molar-refractivity contribution in [1.82, 2.24) is 0 Å². The first-order valence-corrected chi connectivity index (χ1v) is 6.82. The Hall–Kier alpha value is -1.55. The van der Waals surface area contributed by atoms with Gasteiger partial charge in [0.1, 0.15) is 11.2 Å². The number of benzene rings is 3. The largest absolute Gasteiger partial charge is 0.456 e. The molecule has 1 heterocycles. The Bertz CT molecular complexity index is 940. The van der Waals surface area contributed by atoms with Gasteiger partial charge in [-0.05, 0) is 45.5 Å². The zero-order valence-corrected chi connectivity index (χ0v) is 11.6. The molecule has 0 spiro atoms. The van der Waals surface area contributed by atoms with Crippen LogP contribution >= 0.6 is 22.6 Å². The zero-order chi connectivity index (χ0) is 13.0. The lowest BCUT2D eigenvalue weighted by atomic mass is 10.0. The molecule has 0 radical (unpaired) electrons. The fourth-order valence-electron chi connectivity index (χ4n) is 2.48. The van der Waals surface area contributed by atoms with E-state index in [1.165, 1.54) is 14.3 Å². The van der Waals surface area contributed by atoms with Gasteiger partial charge in [-0.1, -0.05) is 42.4 Å². The lowest BCUT2D eigenvalue weighted by molar-refractivity contribution is 0.669. The van der Waals surface area contributed by atoms with Crippen molar-refractivity contribution in [3.63, 3.8) is 0 Å². The summed E-state index contributed by atoms with van der Waals surface area (Å²) in [6.45, 7) is 0. The van der Waals surface area contributed by atoms with E-state index < -0.39 is 0 Å². The third kappa shape index (κ3) is 1.32. The number of rotatable bonds is 0. The number of fused-ring (bicyclic) bond motifs is 5. The summed E-state index contributed by atoms with van der Waals surface area (Å²) in [4.78, 5) is 0. The highest BCUT2D eigenvalue weighted by Crippen LogP contribution is 2.36. The van der Waals surface area contributed by atoms with Crippen LogP contribution in [-0.4, -0.2) is 0 Å². The number of furan rings is 1. The SMILES string of the molecule is [2H]c1ccc2oc3cc(I)c4ccccc4c3c2c1. The molecule has 1 aromatic heterocycles. The Kier molecular flexibility index (Phi) is 1.94. The lowest BCUT2D eigenvalue weighted by Gasteiger charge is -2.01. The lowest BCUT2D eigenvalue weighted by Crippen LogP contribution is -1.78. The maximum absolute atomic E-state index is 7.80. The van der Waals surface area contributed by atoms with E-state index in [-0.39, 0.29) is 0 Å². The number of hydrogen-bond acceptors (Lipinski definition) is 1. The summed E-state index contributed by atoms with van der Waals surface area (Å²) in [5, 5.41) is 4.55. The van der Waals surface area contributed by atoms with Crippen molar-refractivity contribution in [3.05, 3.63) is 58.1 Å². The molecule has 4 rings (SSSR count). The third-order valence-electron chi connectivity index (χ3n) is 3.27. The van der Waals surface area contributed by atoms with Gasteiger partial charge in [-0.15, -0.1) is 0 Å². The molecule has 0 N–H and O–H groups in total. The van der Waals surface area contributed by atoms with E-state index in [2.05, 4.69) is 46.9 Å². The quantitative estimate of drug-likeness (QED) is 0.392. The van der Waals surface area contributed by atoms with Crippen LogP contribution in [-0.2, 0) is 0 Å². The van der Waals surface area contributed by atoms with Crippen molar-refractivity contribution in [2.75, 3.05) is 0 Å². The van der Waals surface area contributed by atoms with E-state index in [1.807, 2.05) is 18.2 Å². The summed E-state index contributed by atoms with van der Waals surface area (Å²) in [6.07, 6.45) is 0. The first kappa shape index (κ1) is 9.39. The van der Waals surface area contributed by atoms with E-state index >= 15 is 0 Å². The molecule has 0 fully saturated rings. The smallest absolute Gasteiger partial charge is 0.137 e. The van der Waals surface area contributed by atoms with E-state index in [4.69, 9.17) is 5.79 Å². The van der Waals surface area contributed by atoms with E-state index in [9.17, 15) is 0 Å². The van der Waals surface area contributed by atoms with Crippen LogP contribution < -0.4 is 0 Å². The molecule has 4 aromatic rings. The number of halogens is 1. The van der Waals surface area contributed by atoms with E-state index in [0.717, 1.165) is 21.9 Å². The number of hydrogen-bond donors (Lipinski definition) is 0. The standard InChI is InChI=1S/C16H9IO/c17-13-9-15-16(11-6-2-1-5-10(11)13)12-7-3-4-8-14(12)18-15/h1-9H/i3D. The monoisotopic (exact) mass is 345 g/mol. The molecule has 0 atom stereocenters. The first-order chi connectivity index (χ1) is 9.24. The molecule has 86 valence electrons. The topological polar surface area (TPSA) is 13.1 Å². The maximum Gasteiger partial charge on any atom is 0.137 e. The summed E-state index contributed by atoms with van der Waals surface area (Å²) in [6, 6.07) is 16.4. The maximum atomic E-state index is 7.80. The molecular weight excluding hydrogens is 335 g/mol. The molecule has 0 aliphatic heterocycles. The zero-order valence-electron chi connectivity index (χ0n) is 10.4. The highest BCUT2D eigenvalue weighted by atomic mass is 127. The second-order valence-electron chi connectivity index (χ2n) is 4.30. The van der Waals surface area contributed by atoms with Gasteiger partial charge in [0.05, 0.1) is 1.37 Å². The van der Waals surface area contributed by atoms with Crippen molar-refractivity contribution >= 4 is 55.3 Å². The normalized spacial score (nSPS) is 12.4. The molecule has 3 aromatic carbocycles. The molecule has 1 nitrogen and oxygen atoms in total. The van der Waals surface area contributed by atoms with Gasteiger partial charge in [0, 0.05) is 14.3 Å².